The molecule has 4 rings (SSSR count). The summed E-state index contributed by atoms with van der Waals surface area (Å²) in [6.45, 7) is 4.14. The van der Waals surface area contributed by atoms with E-state index < -0.39 is 0 Å². The van der Waals surface area contributed by atoms with Crippen molar-refractivity contribution >= 4 is 23.2 Å². The molecule has 136 valence electrons. The van der Waals surface area contributed by atoms with E-state index in [1.807, 2.05) is 11.8 Å². The third kappa shape index (κ3) is 3.35. The highest BCUT2D eigenvalue weighted by Crippen LogP contribution is 2.32. The number of benzene rings is 1. The molecule has 26 heavy (non-hydrogen) atoms. The largest absolute Gasteiger partial charge is 0.339 e. The van der Waals surface area contributed by atoms with Gasteiger partial charge in [-0.2, -0.15) is 0 Å². The second kappa shape index (κ2) is 6.79. The molecule has 2 fully saturated rings. The van der Waals surface area contributed by atoms with E-state index in [1.54, 1.807) is 17.0 Å². The molecule has 1 saturated heterocycles. The van der Waals surface area contributed by atoms with E-state index in [4.69, 9.17) is 0 Å². The van der Waals surface area contributed by atoms with Crippen molar-refractivity contribution in [3.05, 3.63) is 40.7 Å². The molecule has 2 aliphatic rings. The minimum absolute atomic E-state index is 0.0353. The maximum atomic E-state index is 13.1. The molecular weight excluding hydrogens is 353 g/mol. The highest BCUT2D eigenvalue weighted by Gasteiger charge is 2.35. The first-order valence-corrected chi connectivity index (χ1v) is 9.66. The Kier molecular flexibility index (Phi) is 4.48. The number of amides is 2. The molecule has 0 bridgehead atoms. The van der Waals surface area contributed by atoms with Crippen molar-refractivity contribution < 1.29 is 14.0 Å². The van der Waals surface area contributed by atoms with Gasteiger partial charge >= 0.3 is 0 Å². The van der Waals surface area contributed by atoms with E-state index in [-0.39, 0.29) is 23.5 Å². The first-order chi connectivity index (χ1) is 12.5. The molecule has 1 aliphatic carbocycles. The Hall–Kier alpha value is -2.28. The van der Waals surface area contributed by atoms with Crippen LogP contribution in [-0.2, 0) is 4.79 Å². The first-order valence-electron chi connectivity index (χ1n) is 8.84. The maximum absolute atomic E-state index is 13.1. The van der Waals surface area contributed by atoms with Crippen LogP contribution in [0.5, 0.6) is 0 Å². The van der Waals surface area contributed by atoms with E-state index in [9.17, 15) is 14.0 Å². The van der Waals surface area contributed by atoms with E-state index in [1.165, 1.54) is 23.5 Å². The molecule has 7 heteroatoms. The van der Waals surface area contributed by atoms with Gasteiger partial charge in [0.25, 0.3) is 5.91 Å². The Labute approximate surface area is 155 Å². The van der Waals surface area contributed by atoms with Crippen LogP contribution in [0.4, 0.5) is 4.39 Å². The molecule has 1 aliphatic heterocycles. The molecule has 0 atom stereocenters. The lowest BCUT2D eigenvalue weighted by atomic mass is 10.2. The van der Waals surface area contributed by atoms with Gasteiger partial charge in [-0.25, -0.2) is 9.37 Å². The molecule has 0 unspecified atom stereocenters. The van der Waals surface area contributed by atoms with Gasteiger partial charge in [0.15, 0.2) is 0 Å². The quantitative estimate of drug-likeness (QED) is 0.831. The number of rotatable bonds is 3. The van der Waals surface area contributed by atoms with Gasteiger partial charge in [-0.1, -0.05) is 0 Å². The Morgan fingerprint density at radius 1 is 1.08 bits per heavy atom. The maximum Gasteiger partial charge on any atom is 0.265 e. The minimum Gasteiger partial charge on any atom is -0.339 e. The minimum atomic E-state index is -0.294. The lowest BCUT2D eigenvalue weighted by molar-refractivity contribution is -0.134. The Morgan fingerprint density at radius 2 is 1.69 bits per heavy atom. The number of nitrogens with zero attached hydrogens (tertiary/aromatic N) is 3. The van der Waals surface area contributed by atoms with Gasteiger partial charge in [0.05, 0.1) is 5.69 Å². The van der Waals surface area contributed by atoms with Crippen LogP contribution < -0.4 is 0 Å². The number of carbonyl (C=O) groups excluding carboxylic acids is 2. The lowest BCUT2D eigenvalue weighted by Gasteiger charge is -2.34. The fourth-order valence-electron chi connectivity index (χ4n) is 3.17. The van der Waals surface area contributed by atoms with Gasteiger partial charge in [-0.05, 0) is 44.0 Å². The molecule has 5 nitrogen and oxygen atoms in total. The van der Waals surface area contributed by atoms with Crippen molar-refractivity contribution in [3.63, 3.8) is 0 Å². The van der Waals surface area contributed by atoms with E-state index >= 15 is 0 Å². The first kappa shape index (κ1) is 17.1. The van der Waals surface area contributed by atoms with Crippen LogP contribution in [0.25, 0.3) is 10.6 Å². The van der Waals surface area contributed by atoms with E-state index in [0.29, 0.717) is 41.8 Å². The highest BCUT2D eigenvalue weighted by molar-refractivity contribution is 7.17. The molecule has 0 radical (unpaired) electrons. The average Bonchev–Trinajstić information content (AvgIpc) is 3.43. The monoisotopic (exact) mass is 373 g/mol. The third-order valence-corrected chi connectivity index (χ3v) is 6.08. The van der Waals surface area contributed by atoms with Crippen molar-refractivity contribution in [2.75, 3.05) is 26.2 Å². The molecule has 1 aromatic heterocycles. The molecule has 0 spiro atoms. The zero-order valence-corrected chi connectivity index (χ0v) is 15.4. The van der Waals surface area contributed by atoms with Gasteiger partial charge in [0.2, 0.25) is 5.91 Å². The number of piperazine rings is 1. The van der Waals surface area contributed by atoms with E-state index in [0.717, 1.165) is 18.4 Å². The van der Waals surface area contributed by atoms with Crippen molar-refractivity contribution in [1.29, 1.82) is 0 Å². The summed E-state index contributed by atoms with van der Waals surface area (Å²) in [5, 5.41) is 0.716. The summed E-state index contributed by atoms with van der Waals surface area (Å²) in [5.41, 5.74) is 1.49. The summed E-state index contributed by atoms with van der Waals surface area (Å²) in [5.74, 6) is 0.132. The lowest BCUT2D eigenvalue weighted by Crippen LogP contribution is -2.51. The number of aryl methyl sites for hydroxylation is 1. The fraction of sp³-hybridized carbons (Fsp3) is 0.421. The van der Waals surface area contributed by atoms with Gasteiger partial charge in [0.1, 0.15) is 15.7 Å². The summed E-state index contributed by atoms with van der Waals surface area (Å²) in [7, 11) is 0. The highest BCUT2D eigenvalue weighted by atomic mass is 32.1. The van der Waals surface area contributed by atoms with Crippen molar-refractivity contribution in [1.82, 2.24) is 14.8 Å². The van der Waals surface area contributed by atoms with Crippen LogP contribution in [0, 0.1) is 18.7 Å². The normalized spacial score (nSPS) is 17.5. The molecule has 2 amide bonds. The molecule has 1 saturated carbocycles. The summed E-state index contributed by atoms with van der Waals surface area (Å²) in [4.78, 5) is 33.8. The summed E-state index contributed by atoms with van der Waals surface area (Å²) in [6, 6.07) is 6.13. The fourth-order valence-corrected chi connectivity index (χ4v) is 4.21. The summed E-state index contributed by atoms with van der Waals surface area (Å²) in [6.07, 6.45) is 2.01. The van der Waals surface area contributed by atoms with Crippen LogP contribution in [-0.4, -0.2) is 52.8 Å². The zero-order chi connectivity index (χ0) is 18.3. The SMILES string of the molecule is Cc1nc(-c2ccc(F)cc2)sc1C(=O)N1CCN(C(=O)C2CC2)CC1. The second-order valence-corrected chi connectivity index (χ2v) is 7.83. The number of halogens is 1. The molecule has 2 aromatic rings. The average molecular weight is 373 g/mol. The van der Waals surface area contributed by atoms with E-state index in [2.05, 4.69) is 4.98 Å². The molecular formula is C19H20FN3O2S. The number of thiazole rings is 1. The number of aromatic nitrogens is 1. The molecule has 2 heterocycles. The third-order valence-electron chi connectivity index (χ3n) is 4.89. The number of hydrogen-bond donors (Lipinski definition) is 0. The molecule has 1 aromatic carbocycles. The zero-order valence-electron chi connectivity index (χ0n) is 14.6. The van der Waals surface area contributed by atoms with Crippen LogP contribution in [0.15, 0.2) is 24.3 Å². The van der Waals surface area contributed by atoms with Crippen molar-refractivity contribution in [2.24, 2.45) is 5.92 Å². The topological polar surface area (TPSA) is 53.5 Å². The predicted octanol–water partition coefficient (Wildman–Crippen LogP) is 2.95. The van der Waals surface area contributed by atoms with Crippen LogP contribution in [0.1, 0.15) is 28.2 Å². The smallest absolute Gasteiger partial charge is 0.265 e. The van der Waals surface area contributed by atoms with Gasteiger partial charge in [-0.3, -0.25) is 9.59 Å². The van der Waals surface area contributed by atoms with Crippen molar-refractivity contribution in [2.45, 2.75) is 19.8 Å². The molecule has 0 N–H and O–H groups in total. The standard InChI is InChI=1S/C19H20FN3O2S/c1-12-16(26-17(21-12)13-4-6-15(20)7-5-13)19(25)23-10-8-22(9-11-23)18(24)14-2-3-14/h4-7,14H,2-3,8-11H2,1H3. The van der Waals surface area contributed by atoms with Crippen LogP contribution >= 0.6 is 11.3 Å². The summed E-state index contributed by atoms with van der Waals surface area (Å²) < 4.78 is 13.1. The van der Waals surface area contributed by atoms with Crippen LogP contribution in [0.3, 0.4) is 0 Å². The predicted molar refractivity (Wildman–Crippen MR) is 97.5 cm³/mol. The Bertz CT molecular complexity index is 837. The van der Waals surface area contributed by atoms with Crippen LogP contribution in [0.2, 0.25) is 0 Å². The van der Waals surface area contributed by atoms with Gasteiger partial charge in [0, 0.05) is 37.7 Å². The number of carbonyl (C=O) groups is 2. The Balaban J connectivity index is 1.45. The Morgan fingerprint density at radius 3 is 2.31 bits per heavy atom. The number of hydrogen-bond acceptors (Lipinski definition) is 4. The van der Waals surface area contributed by atoms with Crippen molar-refractivity contribution in [3.8, 4) is 10.6 Å². The van der Waals surface area contributed by atoms with Gasteiger partial charge in [-0.15, -0.1) is 11.3 Å². The summed E-state index contributed by atoms with van der Waals surface area (Å²) >= 11 is 1.34. The van der Waals surface area contributed by atoms with Gasteiger partial charge < -0.3 is 9.80 Å². The second-order valence-electron chi connectivity index (χ2n) is 6.83.